The molecule has 0 radical (unpaired) electrons. The second-order valence-electron chi connectivity index (χ2n) is 7.87. The van der Waals surface area contributed by atoms with Crippen LogP contribution in [0.3, 0.4) is 0 Å². The van der Waals surface area contributed by atoms with Crippen LogP contribution in [-0.2, 0) is 10.0 Å². The molecule has 0 atom stereocenters. The molecular formula is C22H23N5O4S2. The zero-order chi connectivity index (χ0) is 23.4. The Bertz CT molecular complexity index is 1280. The molecule has 2 heterocycles. The van der Waals surface area contributed by atoms with Crippen LogP contribution >= 0.6 is 11.3 Å². The van der Waals surface area contributed by atoms with E-state index in [2.05, 4.69) is 22.4 Å². The van der Waals surface area contributed by atoms with Crippen LogP contribution in [0.15, 0.2) is 63.9 Å². The lowest BCUT2D eigenvalue weighted by Crippen LogP contribution is -2.37. The van der Waals surface area contributed by atoms with Crippen LogP contribution in [0, 0.1) is 16.0 Å². The van der Waals surface area contributed by atoms with Gasteiger partial charge in [-0.15, -0.1) is 11.3 Å². The minimum atomic E-state index is -3.54. The number of hydrogen-bond donors (Lipinski definition) is 1. The summed E-state index contributed by atoms with van der Waals surface area (Å²) in [6, 6.07) is 13.0. The molecule has 172 valence electrons. The van der Waals surface area contributed by atoms with Crippen LogP contribution in [0.25, 0.3) is 11.3 Å². The summed E-state index contributed by atoms with van der Waals surface area (Å²) in [5, 5.41) is 17.3. The van der Waals surface area contributed by atoms with Crippen LogP contribution < -0.4 is 5.43 Å². The number of nitro groups is 1. The van der Waals surface area contributed by atoms with Crippen LogP contribution in [0.4, 0.5) is 10.8 Å². The normalized spacial score (nSPS) is 15.7. The highest BCUT2D eigenvalue weighted by Crippen LogP contribution is 2.29. The first-order valence-electron chi connectivity index (χ1n) is 10.4. The molecule has 2 aromatic carbocycles. The Morgan fingerprint density at radius 3 is 2.73 bits per heavy atom. The Balaban J connectivity index is 1.46. The van der Waals surface area contributed by atoms with Gasteiger partial charge in [-0.05, 0) is 30.9 Å². The zero-order valence-electron chi connectivity index (χ0n) is 17.9. The van der Waals surface area contributed by atoms with Crippen LogP contribution in [0.5, 0.6) is 0 Å². The molecule has 1 aliphatic heterocycles. The third kappa shape index (κ3) is 5.44. The van der Waals surface area contributed by atoms with Crippen molar-refractivity contribution >= 4 is 38.4 Å². The van der Waals surface area contributed by atoms with Crippen molar-refractivity contribution in [1.29, 1.82) is 0 Å². The van der Waals surface area contributed by atoms with E-state index in [0.717, 1.165) is 12.8 Å². The fraction of sp³-hybridized carbons (Fsp3) is 0.273. The quantitative estimate of drug-likeness (QED) is 0.297. The van der Waals surface area contributed by atoms with E-state index in [1.165, 1.54) is 29.7 Å². The van der Waals surface area contributed by atoms with Gasteiger partial charge in [0, 0.05) is 41.7 Å². The molecule has 0 aliphatic carbocycles. The van der Waals surface area contributed by atoms with Gasteiger partial charge in [-0.2, -0.15) is 9.41 Å². The molecule has 0 saturated carbocycles. The monoisotopic (exact) mass is 485 g/mol. The van der Waals surface area contributed by atoms with E-state index >= 15 is 0 Å². The average molecular weight is 486 g/mol. The van der Waals surface area contributed by atoms with E-state index in [1.807, 2.05) is 11.4 Å². The van der Waals surface area contributed by atoms with E-state index in [1.54, 1.807) is 34.6 Å². The summed E-state index contributed by atoms with van der Waals surface area (Å²) in [6.45, 7) is 3.23. The lowest BCUT2D eigenvalue weighted by atomic mass is 10.0. The van der Waals surface area contributed by atoms with Gasteiger partial charge in [0.05, 0.1) is 21.7 Å². The number of nitrogens with zero attached hydrogens (tertiary/aromatic N) is 4. The van der Waals surface area contributed by atoms with Gasteiger partial charge in [0.15, 0.2) is 0 Å². The Labute approximate surface area is 196 Å². The number of non-ortho nitro benzene ring substituents is 1. The van der Waals surface area contributed by atoms with Crippen LogP contribution in [-0.4, -0.2) is 41.9 Å². The fourth-order valence-electron chi connectivity index (χ4n) is 3.53. The molecule has 0 bridgehead atoms. The summed E-state index contributed by atoms with van der Waals surface area (Å²) in [5.74, 6) is 0.545. The highest BCUT2D eigenvalue weighted by atomic mass is 32.2. The van der Waals surface area contributed by atoms with Crippen molar-refractivity contribution in [1.82, 2.24) is 9.29 Å². The number of benzene rings is 2. The first-order valence-corrected chi connectivity index (χ1v) is 12.7. The lowest BCUT2D eigenvalue weighted by Gasteiger charge is -2.29. The maximum atomic E-state index is 13.1. The van der Waals surface area contributed by atoms with Crippen LogP contribution in [0.1, 0.15) is 25.3 Å². The second-order valence-corrected chi connectivity index (χ2v) is 10.7. The molecule has 0 unspecified atom stereocenters. The van der Waals surface area contributed by atoms with Gasteiger partial charge in [-0.3, -0.25) is 15.5 Å². The van der Waals surface area contributed by atoms with E-state index in [4.69, 9.17) is 0 Å². The van der Waals surface area contributed by atoms with Gasteiger partial charge < -0.3 is 0 Å². The smallest absolute Gasteiger partial charge is 0.258 e. The topological polar surface area (TPSA) is 118 Å². The molecule has 1 saturated heterocycles. The van der Waals surface area contributed by atoms with Crippen molar-refractivity contribution in [2.75, 3.05) is 18.5 Å². The Kier molecular flexibility index (Phi) is 6.82. The number of sulfonamides is 1. The summed E-state index contributed by atoms with van der Waals surface area (Å²) in [4.78, 5) is 15.2. The predicted molar refractivity (Wildman–Crippen MR) is 129 cm³/mol. The van der Waals surface area contributed by atoms with E-state index in [0.29, 0.717) is 41.0 Å². The van der Waals surface area contributed by atoms with E-state index in [-0.39, 0.29) is 10.6 Å². The molecule has 1 aromatic heterocycles. The number of piperidine rings is 1. The summed E-state index contributed by atoms with van der Waals surface area (Å²) in [6.07, 6.45) is 3.22. The number of thiazole rings is 1. The number of aromatic nitrogens is 1. The molecule has 9 nitrogen and oxygen atoms in total. The molecule has 33 heavy (non-hydrogen) atoms. The molecule has 4 rings (SSSR count). The molecule has 0 amide bonds. The van der Waals surface area contributed by atoms with Gasteiger partial charge in [-0.1, -0.05) is 31.2 Å². The minimum absolute atomic E-state index is 0.00983. The number of nitro benzene ring substituents is 1. The fourth-order valence-corrected chi connectivity index (χ4v) is 5.71. The largest absolute Gasteiger partial charge is 0.270 e. The Morgan fingerprint density at radius 2 is 1.97 bits per heavy atom. The standard InChI is InChI=1S/C22H23N5O4S2/c1-16-8-10-26(11-9-16)33(30,31)20-7-3-5-18(13-20)21-15-32-22(24-21)25-23-14-17-4-2-6-19(12-17)27(28)29/h2-7,12-16H,8-11H2,1H3,(H,24,25)/b23-14+. The highest BCUT2D eigenvalue weighted by molar-refractivity contribution is 7.89. The first-order chi connectivity index (χ1) is 15.8. The summed E-state index contributed by atoms with van der Waals surface area (Å²) in [7, 11) is -3.54. The number of rotatable bonds is 7. The van der Waals surface area contributed by atoms with Gasteiger partial charge >= 0.3 is 0 Å². The predicted octanol–water partition coefficient (Wildman–Crippen LogP) is 4.58. The summed E-state index contributed by atoms with van der Waals surface area (Å²) >= 11 is 1.33. The van der Waals surface area contributed by atoms with Crippen molar-refractivity contribution < 1.29 is 13.3 Å². The average Bonchev–Trinajstić information content (AvgIpc) is 3.29. The minimum Gasteiger partial charge on any atom is -0.258 e. The molecule has 1 fully saturated rings. The molecule has 1 N–H and O–H groups in total. The van der Waals surface area contributed by atoms with Crippen molar-refractivity contribution in [2.45, 2.75) is 24.7 Å². The third-order valence-electron chi connectivity index (χ3n) is 5.47. The van der Waals surface area contributed by atoms with Crippen molar-refractivity contribution in [3.63, 3.8) is 0 Å². The van der Waals surface area contributed by atoms with E-state index < -0.39 is 14.9 Å². The molecular weight excluding hydrogens is 462 g/mol. The molecule has 0 spiro atoms. The van der Waals surface area contributed by atoms with E-state index in [9.17, 15) is 18.5 Å². The molecule has 3 aromatic rings. The first kappa shape index (κ1) is 23.0. The third-order valence-corrected chi connectivity index (χ3v) is 8.11. The maximum Gasteiger partial charge on any atom is 0.270 e. The zero-order valence-corrected chi connectivity index (χ0v) is 19.6. The van der Waals surface area contributed by atoms with Gasteiger partial charge in [0.2, 0.25) is 15.2 Å². The van der Waals surface area contributed by atoms with Gasteiger partial charge in [0.1, 0.15) is 0 Å². The van der Waals surface area contributed by atoms with Crippen molar-refractivity contribution in [3.8, 4) is 11.3 Å². The number of hydrogen-bond acceptors (Lipinski definition) is 8. The molecule has 11 heteroatoms. The second kappa shape index (κ2) is 9.77. The number of nitrogens with one attached hydrogen (secondary N) is 1. The van der Waals surface area contributed by atoms with Crippen molar-refractivity contribution in [3.05, 3.63) is 69.6 Å². The SMILES string of the molecule is CC1CCN(S(=O)(=O)c2cccc(-c3csc(N/N=C/c4cccc([N+](=O)[O-])c4)n3)c2)CC1. The Hall–Kier alpha value is -3.15. The Morgan fingerprint density at radius 1 is 1.21 bits per heavy atom. The lowest BCUT2D eigenvalue weighted by molar-refractivity contribution is -0.384. The van der Waals surface area contributed by atoms with Gasteiger partial charge in [0.25, 0.3) is 5.69 Å². The summed E-state index contributed by atoms with van der Waals surface area (Å²) in [5.41, 5.74) is 4.72. The van der Waals surface area contributed by atoms with Crippen LogP contribution in [0.2, 0.25) is 0 Å². The van der Waals surface area contributed by atoms with Gasteiger partial charge in [-0.25, -0.2) is 13.4 Å². The highest BCUT2D eigenvalue weighted by Gasteiger charge is 2.28. The number of anilines is 1. The maximum absolute atomic E-state index is 13.1. The number of hydrazone groups is 1. The summed E-state index contributed by atoms with van der Waals surface area (Å²) < 4.78 is 27.7. The van der Waals surface area contributed by atoms with Crippen molar-refractivity contribution in [2.24, 2.45) is 11.0 Å². The molecule has 1 aliphatic rings.